The van der Waals surface area contributed by atoms with Crippen LogP contribution in [0.1, 0.15) is 296 Å². The van der Waals surface area contributed by atoms with Crippen molar-refractivity contribution < 1.29 is 15.0 Å². The van der Waals surface area contributed by atoms with Gasteiger partial charge in [0.2, 0.25) is 5.91 Å². The molecule has 1 amide bonds. The van der Waals surface area contributed by atoms with Gasteiger partial charge in [-0.25, -0.2) is 0 Å². The third-order valence-corrected chi connectivity index (χ3v) is 13.8. The zero-order valence-corrected chi connectivity index (χ0v) is 47.7. The Morgan fingerprint density at radius 3 is 0.903 bits per heavy atom. The van der Waals surface area contributed by atoms with Crippen LogP contribution in [0.3, 0.4) is 0 Å². The van der Waals surface area contributed by atoms with Gasteiger partial charge < -0.3 is 15.5 Å². The molecular formula is C68H119NO3. The fourth-order valence-corrected chi connectivity index (χ4v) is 9.12. The van der Waals surface area contributed by atoms with Crippen LogP contribution in [0, 0.1) is 0 Å². The van der Waals surface area contributed by atoms with Crippen molar-refractivity contribution in [2.75, 3.05) is 6.61 Å². The van der Waals surface area contributed by atoms with Gasteiger partial charge in [-0.3, -0.25) is 4.79 Å². The molecular weight excluding hydrogens is 879 g/mol. The summed E-state index contributed by atoms with van der Waals surface area (Å²) in [6.45, 7) is 4.25. The van der Waals surface area contributed by atoms with Crippen molar-refractivity contribution in [1.82, 2.24) is 5.32 Å². The lowest BCUT2D eigenvalue weighted by atomic mass is 10.0. The van der Waals surface area contributed by atoms with Crippen LogP contribution in [0.2, 0.25) is 0 Å². The van der Waals surface area contributed by atoms with Crippen molar-refractivity contribution in [1.29, 1.82) is 0 Å². The number of carbonyl (C=O) groups excluding carboxylic acids is 1. The smallest absolute Gasteiger partial charge is 0.220 e. The number of nitrogens with one attached hydrogen (secondary N) is 1. The van der Waals surface area contributed by atoms with Gasteiger partial charge in [0.1, 0.15) is 0 Å². The van der Waals surface area contributed by atoms with Gasteiger partial charge >= 0.3 is 0 Å². The van der Waals surface area contributed by atoms with Crippen molar-refractivity contribution in [3.8, 4) is 0 Å². The summed E-state index contributed by atoms with van der Waals surface area (Å²) in [5, 5.41) is 23.4. The molecule has 3 N–H and O–H groups in total. The second kappa shape index (κ2) is 62.3. The summed E-state index contributed by atoms with van der Waals surface area (Å²) >= 11 is 0. The SMILES string of the molecule is CC/C=C\C/C=C\C/C=C\C/C=C\C/C=C\C/C=C\C/C=C\C/C=C\C/C=C\CCCCCC(=O)NC(CO)C(O)CCCCCCCCCCCCCCCCCCCCCCCCCCCCCCC. The number of carbonyl (C=O) groups is 1. The van der Waals surface area contributed by atoms with E-state index in [-0.39, 0.29) is 12.5 Å². The molecule has 0 aromatic rings. The maximum Gasteiger partial charge on any atom is 0.220 e. The van der Waals surface area contributed by atoms with E-state index >= 15 is 0 Å². The van der Waals surface area contributed by atoms with E-state index in [9.17, 15) is 15.0 Å². The van der Waals surface area contributed by atoms with Crippen molar-refractivity contribution >= 4 is 5.91 Å². The third kappa shape index (κ3) is 57.9. The number of aliphatic hydroxyl groups is 2. The quantitative estimate of drug-likeness (QED) is 0.0420. The molecule has 0 aromatic heterocycles. The van der Waals surface area contributed by atoms with Crippen molar-refractivity contribution in [3.05, 3.63) is 109 Å². The van der Waals surface area contributed by atoms with Gasteiger partial charge in [0.25, 0.3) is 0 Å². The van der Waals surface area contributed by atoms with Gasteiger partial charge in [0, 0.05) is 6.42 Å². The lowest BCUT2D eigenvalue weighted by Crippen LogP contribution is -2.45. The minimum atomic E-state index is -0.684. The van der Waals surface area contributed by atoms with E-state index in [2.05, 4.69) is 129 Å². The Morgan fingerprint density at radius 1 is 0.347 bits per heavy atom. The van der Waals surface area contributed by atoms with Gasteiger partial charge in [-0.1, -0.05) is 316 Å². The Bertz CT molecular complexity index is 1360. The number of rotatable bonds is 56. The van der Waals surface area contributed by atoms with E-state index in [1.807, 2.05) is 0 Å². The average molecular weight is 999 g/mol. The summed E-state index contributed by atoms with van der Waals surface area (Å²) in [4.78, 5) is 12.5. The Balaban J connectivity index is 3.57. The molecule has 0 saturated carbocycles. The molecule has 4 heteroatoms. The summed E-state index contributed by atoms with van der Waals surface area (Å²) in [5.41, 5.74) is 0. The summed E-state index contributed by atoms with van der Waals surface area (Å²) in [6.07, 6.45) is 93.8. The molecule has 0 heterocycles. The topological polar surface area (TPSA) is 69.6 Å². The van der Waals surface area contributed by atoms with Gasteiger partial charge in [0.15, 0.2) is 0 Å². The monoisotopic (exact) mass is 998 g/mol. The first-order valence-electron chi connectivity index (χ1n) is 31.1. The van der Waals surface area contributed by atoms with Gasteiger partial charge in [-0.05, 0) is 83.5 Å². The van der Waals surface area contributed by atoms with Crippen molar-refractivity contribution in [3.63, 3.8) is 0 Å². The van der Waals surface area contributed by atoms with Crippen LogP contribution in [0.4, 0.5) is 0 Å². The van der Waals surface area contributed by atoms with E-state index in [4.69, 9.17) is 0 Å². The van der Waals surface area contributed by atoms with E-state index in [1.165, 1.54) is 173 Å². The zero-order chi connectivity index (χ0) is 52.0. The highest BCUT2D eigenvalue weighted by Gasteiger charge is 2.20. The van der Waals surface area contributed by atoms with E-state index in [1.54, 1.807) is 0 Å². The molecule has 4 nitrogen and oxygen atoms in total. The van der Waals surface area contributed by atoms with Crippen LogP contribution < -0.4 is 5.32 Å². The van der Waals surface area contributed by atoms with E-state index in [0.717, 1.165) is 96.3 Å². The Hall–Kier alpha value is -2.95. The van der Waals surface area contributed by atoms with Crippen LogP contribution in [0.15, 0.2) is 109 Å². The second-order valence-electron chi connectivity index (χ2n) is 20.7. The maximum atomic E-state index is 12.5. The predicted molar refractivity (Wildman–Crippen MR) is 322 cm³/mol. The van der Waals surface area contributed by atoms with Gasteiger partial charge in [0.05, 0.1) is 18.8 Å². The van der Waals surface area contributed by atoms with Gasteiger partial charge in [-0.15, -0.1) is 0 Å². The number of aliphatic hydroxyl groups excluding tert-OH is 2. The fraction of sp³-hybridized carbons (Fsp3) is 0.721. The first kappa shape index (κ1) is 69.0. The molecule has 414 valence electrons. The third-order valence-electron chi connectivity index (χ3n) is 13.8. The fourth-order valence-electron chi connectivity index (χ4n) is 9.12. The van der Waals surface area contributed by atoms with Crippen molar-refractivity contribution in [2.24, 2.45) is 0 Å². The Kier molecular flexibility index (Phi) is 59.8. The number of allylic oxidation sites excluding steroid dienone is 18. The average Bonchev–Trinajstić information content (AvgIpc) is 3.39. The van der Waals surface area contributed by atoms with Crippen LogP contribution in [0.5, 0.6) is 0 Å². The lowest BCUT2D eigenvalue weighted by molar-refractivity contribution is -0.123. The highest BCUT2D eigenvalue weighted by atomic mass is 16.3. The largest absolute Gasteiger partial charge is 0.394 e. The molecule has 72 heavy (non-hydrogen) atoms. The Labute approximate surface area is 448 Å². The number of unbranched alkanes of at least 4 members (excludes halogenated alkanes) is 31. The summed E-state index contributed by atoms with van der Waals surface area (Å²) in [6, 6.07) is -0.565. The molecule has 0 fully saturated rings. The van der Waals surface area contributed by atoms with Crippen molar-refractivity contribution in [2.45, 2.75) is 309 Å². The normalized spacial score (nSPS) is 13.6. The predicted octanol–water partition coefficient (Wildman–Crippen LogP) is 21.0. The second-order valence-corrected chi connectivity index (χ2v) is 20.7. The molecule has 0 spiro atoms. The van der Waals surface area contributed by atoms with Crippen LogP contribution in [-0.4, -0.2) is 34.9 Å². The van der Waals surface area contributed by atoms with Crippen LogP contribution in [-0.2, 0) is 4.79 Å². The Morgan fingerprint density at radius 2 is 0.611 bits per heavy atom. The molecule has 0 radical (unpaired) electrons. The van der Waals surface area contributed by atoms with E-state index in [0.29, 0.717) is 12.8 Å². The number of hydrogen-bond acceptors (Lipinski definition) is 3. The summed E-state index contributed by atoms with van der Waals surface area (Å²) < 4.78 is 0. The first-order chi connectivity index (χ1) is 35.7. The van der Waals surface area contributed by atoms with Gasteiger partial charge in [-0.2, -0.15) is 0 Å². The molecule has 0 aromatic carbocycles. The minimum absolute atomic E-state index is 0.0641. The standard InChI is InChI=1S/C68H119NO3/c1-3-5-7-9-11-13-15-17-19-21-23-25-27-29-31-33-34-36-38-40-42-44-46-48-50-52-54-56-58-60-62-64-68(72)69-66(65-70)67(71)63-61-59-57-55-53-51-49-47-45-43-41-39-37-35-32-30-28-26-24-22-20-18-16-14-12-10-8-6-4-2/h5,7,11,13,17,19,23,25,29,31,34,36,40,42,46,48,52,54,66-67,70-71H,3-4,6,8-10,12,14-16,18,20-22,24,26-28,30,32-33,35,37-39,41,43-45,47,49-51,53,55-65H2,1-2H3,(H,69,72)/b7-5-,13-11-,19-17-,25-23-,31-29-,36-34-,42-40-,48-46-,54-52-. The number of amides is 1. The maximum absolute atomic E-state index is 12.5. The molecule has 0 rings (SSSR count). The first-order valence-corrected chi connectivity index (χ1v) is 31.1. The molecule has 0 bridgehead atoms. The molecule has 0 aliphatic rings. The molecule has 0 saturated heterocycles. The molecule has 2 atom stereocenters. The van der Waals surface area contributed by atoms with Crippen LogP contribution >= 0.6 is 0 Å². The summed E-state index contributed by atoms with van der Waals surface area (Å²) in [7, 11) is 0. The molecule has 0 aliphatic heterocycles. The highest BCUT2D eigenvalue weighted by Crippen LogP contribution is 2.17. The lowest BCUT2D eigenvalue weighted by Gasteiger charge is -2.22. The number of hydrogen-bond donors (Lipinski definition) is 3. The van der Waals surface area contributed by atoms with E-state index < -0.39 is 12.1 Å². The summed E-state index contributed by atoms with van der Waals surface area (Å²) in [5.74, 6) is -0.0641. The molecule has 2 unspecified atom stereocenters. The zero-order valence-electron chi connectivity index (χ0n) is 47.7. The minimum Gasteiger partial charge on any atom is -0.394 e. The highest BCUT2D eigenvalue weighted by molar-refractivity contribution is 5.76. The molecule has 0 aliphatic carbocycles. The van der Waals surface area contributed by atoms with Crippen LogP contribution in [0.25, 0.3) is 0 Å².